The fourth-order valence-corrected chi connectivity index (χ4v) is 6.18. The molecule has 0 bridgehead atoms. The first-order valence-electron chi connectivity index (χ1n) is 10.7. The number of hydrogen-bond acceptors (Lipinski definition) is 8. The molecular weight excluding hydrogens is 491 g/mol. The minimum atomic E-state index is -4.27. The summed E-state index contributed by atoms with van der Waals surface area (Å²) in [6.07, 6.45) is -0.123. The molecule has 4 rings (SSSR count). The molecule has 2 aromatic carbocycles. The van der Waals surface area contributed by atoms with Gasteiger partial charge in [0.15, 0.2) is 4.87 Å². The number of hydrogen-bond donors (Lipinski definition) is 3. The monoisotopic (exact) mass is 514 g/mol. The van der Waals surface area contributed by atoms with Crippen LogP contribution in [0.4, 0.5) is 10.2 Å². The van der Waals surface area contributed by atoms with E-state index in [1.165, 1.54) is 12.1 Å². The van der Waals surface area contributed by atoms with Crippen molar-refractivity contribution in [1.82, 2.24) is 4.98 Å². The van der Waals surface area contributed by atoms with Gasteiger partial charge in [-0.3, -0.25) is 9.79 Å². The number of rotatable bonds is 9. The van der Waals surface area contributed by atoms with E-state index in [9.17, 15) is 17.6 Å². The molecule has 0 aliphatic carbocycles. The summed E-state index contributed by atoms with van der Waals surface area (Å²) in [6, 6.07) is 16.3. The van der Waals surface area contributed by atoms with E-state index in [-0.39, 0.29) is 22.8 Å². The lowest BCUT2D eigenvalue weighted by Gasteiger charge is -2.29. The van der Waals surface area contributed by atoms with Gasteiger partial charge in [-0.15, -0.1) is 11.8 Å². The van der Waals surface area contributed by atoms with Crippen LogP contribution in [0.2, 0.25) is 0 Å². The Labute approximate surface area is 206 Å². The van der Waals surface area contributed by atoms with Crippen LogP contribution >= 0.6 is 11.8 Å². The summed E-state index contributed by atoms with van der Waals surface area (Å²) in [6.45, 7) is 0.365. The third kappa shape index (κ3) is 5.37. The number of halogens is 1. The number of pyridine rings is 1. The number of aromatic nitrogens is 1. The van der Waals surface area contributed by atoms with Crippen LogP contribution in [-0.4, -0.2) is 48.4 Å². The molecule has 0 saturated carbocycles. The number of carboxylic acids is 1. The van der Waals surface area contributed by atoms with Crippen LogP contribution in [0, 0.1) is 5.82 Å². The standard InChI is InChI=1S/C24H23FN4O4S2/c25-18-8-10-19(11-9-18)35(32,33)24(26,20-2-1-3-21(29-20)28-15-22(30)31)14-16-4-6-17(7-5-16)23-27-12-13-34-23/h1-11H,12-15,26H2,(H,28,29)(H,30,31). The second-order valence-corrected chi connectivity index (χ2v) is 11.2. The Morgan fingerprint density at radius 1 is 1.11 bits per heavy atom. The van der Waals surface area contributed by atoms with Crippen LogP contribution in [-0.2, 0) is 25.9 Å². The summed E-state index contributed by atoms with van der Waals surface area (Å²) < 4.78 is 41.1. The first-order chi connectivity index (χ1) is 16.7. The van der Waals surface area contributed by atoms with E-state index in [2.05, 4.69) is 15.3 Å². The van der Waals surface area contributed by atoms with Crippen LogP contribution in [0.1, 0.15) is 16.8 Å². The molecule has 0 fully saturated rings. The maximum Gasteiger partial charge on any atom is 0.322 e. The number of nitrogens with zero attached hydrogens (tertiary/aromatic N) is 2. The number of aliphatic carboxylic acids is 1. The first kappa shape index (κ1) is 24.8. The SMILES string of the molecule is NC(Cc1ccc(C2=NCCS2)cc1)(c1cccc(NCC(=O)O)n1)S(=O)(=O)c1ccc(F)cc1. The van der Waals surface area contributed by atoms with Gasteiger partial charge in [0.2, 0.25) is 9.84 Å². The van der Waals surface area contributed by atoms with Gasteiger partial charge in [0.1, 0.15) is 18.2 Å². The summed E-state index contributed by atoms with van der Waals surface area (Å²) in [7, 11) is -4.27. The Bertz CT molecular complexity index is 1360. The Kier molecular flexibility index (Phi) is 7.20. The predicted octanol–water partition coefficient (Wildman–Crippen LogP) is 3.04. The smallest absolute Gasteiger partial charge is 0.322 e. The highest BCUT2D eigenvalue weighted by Crippen LogP contribution is 2.34. The molecule has 0 saturated heterocycles. The minimum Gasteiger partial charge on any atom is -0.480 e. The van der Waals surface area contributed by atoms with Crippen molar-refractivity contribution >= 4 is 38.4 Å². The number of sulfone groups is 1. The van der Waals surface area contributed by atoms with Crippen LogP contribution in [0.15, 0.2) is 76.6 Å². The Morgan fingerprint density at radius 3 is 2.46 bits per heavy atom. The van der Waals surface area contributed by atoms with Crippen LogP contribution in [0.5, 0.6) is 0 Å². The van der Waals surface area contributed by atoms with Gasteiger partial charge in [0.25, 0.3) is 0 Å². The number of benzene rings is 2. The third-order valence-electron chi connectivity index (χ3n) is 5.46. The summed E-state index contributed by atoms with van der Waals surface area (Å²) >= 11 is 1.66. The number of thioether (sulfide) groups is 1. The highest BCUT2D eigenvalue weighted by atomic mass is 32.2. The fraction of sp³-hybridized carbons (Fsp3) is 0.208. The van der Waals surface area contributed by atoms with E-state index in [0.29, 0.717) is 5.56 Å². The molecular formula is C24H23FN4O4S2. The largest absolute Gasteiger partial charge is 0.480 e. The molecule has 182 valence electrons. The molecule has 8 nitrogen and oxygen atoms in total. The van der Waals surface area contributed by atoms with Crippen molar-refractivity contribution in [2.45, 2.75) is 16.2 Å². The average molecular weight is 515 g/mol. The van der Waals surface area contributed by atoms with Gasteiger partial charge >= 0.3 is 5.97 Å². The number of carbonyl (C=O) groups is 1. The molecule has 1 atom stereocenters. The maximum atomic E-state index is 13.8. The van der Waals surface area contributed by atoms with Gasteiger partial charge in [0, 0.05) is 24.3 Å². The second-order valence-electron chi connectivity index (χ2n) is 7.91. The molecule has 1 aromatic heterocycles. The first-order valence-corrected chi connectivity index (χ1v) is 13.1. The molecule has 1 aliphatic heterocycles. The minimum absolute atomic E-state index is 0.0250. The van der Waals surface area contributed by atoms with Crippen molar-refractivity contribution in [2.24, 2.45) is 10.7 Å². The molecule has 0 spiro atoms. The zero-order chi connectivity index (χ0) is 25.1. The van der Waals surface area contributed by atoms with Crippen molar-refractivity contribution < 1.29 is 22.7 Å². The van der Waals surface area contributed by atoms with E-state index in [1.807, 2.05) is 12.1 Å². The molecule has 35 heavy (non-hydrogen) atoms. The van der Waals surface area contributed by atoms with Gasteiger partial charge in [-0.25, -0.2) is 17.8 Å². The molecule has 0 amide bonds. The van der Waals surface area contributed by atoms with Crippen molar-refractivity contribution in [3.8, 4) is 0 Å². The molecule has 1 aliphatic rings. The number of nitrogens with two attached hydrogens (primary N) is 1. The summed E-state index contributed by atoms with van der Waals surface area (Å²) in [4.78, 5) is 17.5. The normalized spacial score (nSPS) is 15.3. The molecule has 4 N–H and O–H groups in total. The van der Waals surface area contributed by atoms with Gasteiger partial charge < -0.3 is 16.2 Å². The van der Waals surface area contributed by atoms with Crippen molar-refractivity contribution in [2.75, 3.05) is 24.2 Å². The highest BCUT2D eigenvalue weighted by Gasteiger charge is 2.44. The Hall–Kier alpha value is -3.28. The average Bonchev–Trinajstić information content (AvgIpc) is 3.38. The van der Waals surface area contributed by atoms with Crippen LogP contribution in [0.25, 0.3) is 0 Å². The second kappa shape index (κ2) is 10.1. The Balaban J connectivity index is 1.75. The number of anilines is 1. The topological polar surface area (TPSA) is 135 Å². The van der Waals surface area contributed by atoms with Crippen LogP contribution < -0.4 is 11.1 Å². The zero-order valence-corrected chi connectivity index (χ0v) is 20.2. The van der Waals surface area contributed by atoms with E-state index < -0.39 is 33.0 Å². The van der Waals surface area contributed by atoms with E-state index in [1.54, 1.807) is 30.0 Å². The van der Waals surface area contributed by atoms with E-state index in [4.69, 9.17) is 10.8 Å². The molecule has 3 aromatic rings. The Morgan fingerprint density at radius 2 is 1.83 bits per heavy atom. The van der Waals surface area contributed by atoms with Gasteiger partial charge in [0.05, 0.1) is 15.6 Å². The zero-order valence-electron chi connectivity index (χ0n) is 18.5. The summed E-state index contributed by atoms with van der Waals surface area (Å²) in [5, 5.41) is 12.5. The lowest BCUT2D eigenvalue weighted by Crippen LogP contribution is -2.47. The molecule has 2 heterocycles. The van der Waals surface area contributed by atoms with Crippen molar-refractivity contribution in [1.29, 1.82) is 0 Å². The van der Waals surface area contributed by atoms with Gasteiger partial charge in [-0.2, -0.15) is 0 Å². The van der Waals surface area contributed by atoms with Crippen molar-refractivity contribution in [3.05, 3.63) is 89.4 Å². The van der Waals surface area contributed by atoms with E-state index in [0.717, 1.165) is 47.2 Å². The predicted molar refractivity (Wildman–Crippen MR) is 134 cm³/mol. The summed E-state index contributed by atoms with van der Waals surface area (Å²) in [5.74, 6) is -0.578. The quantitative estimate of drug-likeness (QED) is 0.371. The number of aliphatic imine (C=N–C) groups is 1. The lowest BCUT2D eigenvalue weighted by molar-refractivity contribution is -0.134. The maximum absolute atomic E-state index is 13.8. The van der Waals surface area contributed by atoms with Crippen molar-refractivity contribution in [3.63, 3.8) is 0 Å². The molecule has 0 radical (unpaired) electrons. The number of nitrogens with one attached hydrogen (secondary N) is 1. The molecule has 1 unspecified atom stereocenters. The molecule has 11 heteroatoms. The lowest BCUT2D eigenvalue weighted by atomic mass is 10.0. The summed E-state index contributed by atoms with van der Waals surface area (Å²) in [5.41, 5.74) is 8.29. The fourth-order valence-electron chi connectivity index (χ4n) is 3.66. The third-order valence-corrected chi connectivity index (χ3v) is 8.69. The van der Waals surface area contributed by atoms with E-state index >= 15 is 0 Å². The van der Waals surface area contributed by atoms with Crippen LogP contribution in [0.3, 0.4) is 0 Å². The highest BCUT2D eigenvalue weighted by molar-refractivity contribution is 8.14. The van der Waals surface area contributed by atoms with Gasteiger partial charge in [-0.1, -0.05) is 30.3 Å². The number of carboxylic acid groups (broad SMARTS) is 1. The van der Waals surface area contributed by atoms with Gasteiger partial charge in [-0.05, 0) is 42.0 Å².